The summed E-state index contributed by atoms with van der Waals surface area (Å²) in [6, 6.07) is 7.01. The van der Waals surface area contributed by atoms with Gasteiger partial charge in [0.25, 0.3) is 0 Å². The van der Waals surface area contributed by atoms with E-state index in [4.69, 9.17) is 0 Å². The van der Waals surface area contributed by atoms with Crippen LogP contribution in [0.5, 0.6) is 0 Å². The van der Waals surface area contributed by atoms with Crippen LogP contribution in [0.4, 0.5) is 0 Å². The molecule has 0 aliphatic rings. The second-order valence-electron chi connectivity index (χ2n) is 3.35. The first-order valence-electron chi connectivity index (χ1n) is 4.60. The Morgan fingerprint density at radius 2 is 1.75 bits per heavy atom. The molecule has 0 saturated carbocycles. The predicted octanol–water partition coefficient (Wildman–Crippen LogP) is -0.760. The van der Waals surface area contributed by atoms with E-state index in [1.165, 1.54) is 0 Å². The number of carbonyl (C=O) groups is 2. The molecule has 1 aromatic rings. The number of carbonyl (C=O) groups excluding carboxylic acids is 2. The fraction of sp³-hybridized carbons (Fsp3) is 0.273. The first-order chi connectivity index (χ1) is 7.54. The fourth-order valence-electron chi connectivity index (χ4n) is 1.34. The van der Waals surface area contributed by atoms with Crippen molar-refractivity contribution in [3.8, 4) is 0 Å². The van der Waals surface area contributed by atoms with Crippen molar-refractivity contribution in [1.29, 1.82) is 0 Å². The van der Waals surface area contributed by atoms with Crippen LogP contribution >= 0.6 is 15.9 Å². The fourth-order valence-corrected chi connectivity index (χ4v) is 1.69. The van der Waals surface area contributed by atoms with E-state index in [1.54, 1.807) is 18.2 Å². The minimum Gasteiger partial charge on any atom is -0.549 e. The van der Waals surface area contributed by atoms with Crippen molar-refractivity contribution in [2.45, 2.75) is 11.8 Å². The molecule has 16 heavy (non-hydrogen) atoms. The lowest BCUT2D eigenvalue weighted by Gasteiger charge is -2.19. The van der Waals surface area contributed by atoms with Gasteiger partial charge in [0.2, 0.25) is 0 Å². The molecule has 5 heteroatoms. The maximum Gasteiger partial charge on any atom is 0.0504 e. The van der Waals surface area contributed by atoms with Crippen LogP contribution in [0.2, 0.25) is 0 Å². The lowest BCUT2D eigenvalue weighted by atomic mass is 9.98. The van der Waals surface area contributed by atoms with Gasteiger partial charge in [0.15, 0.2) is 0 Å². The molecule has 0 fully saturated rings. The number of hydrogen-bond donors (Lipinski definition) is 0. The second kappa shape index (κ2) is 5.65. The molecule has 0 unspecified atom stereocenters. The third-order valence-electron chi connectivity index (χ3n) is 2.15. The molecule has 0 atom stereocenters. The smallest absolute Gasteiger partial charge is 0.0504 e. The molecule has 0 amide bonds. The van der Waals surface area contributed by atoms with Crippen LogP contribution in [0.1, 0.15) is 11.1 Å². The van der Waals surface area contributed by atoms with Crippen LogP contribution in [-0.4, -0.2) is 11.9 Å². The van der Waals surface area contributed by atoms with E-state index < -0.39 is 17.9 Å². The number of carboxylic acid groups (broad SMARTS) is 2. The van der Waals surface area contributed by atoms with E-state index >= 15 is 0 Å². The van der Waals surface area contributed by atoms with E-state index in [2.05, 4.69) is 15.9 Å². The Morgan fingerprint density at radius 1 is 1.19 bits per heavy atom. The molecule has 1 rings (SSSR count). The molecule has 0 aliphatic carbocycles. The van der Waals surface area contributed by atoms with Gasteiger partial charge in [-0.15, -0.1) is 0 Å². The van der Waals surface area contributed by atoms with Gasteiger partial charge in [-0.05, 0) is 17.5 Å². The third kappa shape index (κ3) is 3.34. The summed E-state index contributed by atoms with van der Waals surface area (Å²) >= 11 is 3.26. The molecule has 4 nitrogen and oxygen atoms in total. The molecule has 0 aromatic heterocycles. The second-order valence-corrected chi connectivity index (χ2v) is 3.91. The molecular weight excluding hydrogens is 276 g/mol. The molecule has 0 spiro atoms. The Labute approximate surface area is 101 Å². The van der Waals surface area contributed by atoms with Gasteiger partial charge in [0, 0.05) is 11.2 Å². The summed E-state index contributed by atoms with van der Waals surface area (Å²) in [6.45, 7) is 0. The molecule has 0 saturated heterocycles. The minimum atomic E-state index is -1.62. The lowest BCUT2D eigenvalue weighted by Crippen LogP contribution is -2.44. The monoisotopic (exact) mass is 284 g/mol. The van der Waals surface area contributed by atoms with Crippen LogP contribution in [0, 0.1) is 5.92 Å². The molecule has 1 aromatic carbocycles. The molecule has 0 N–H and O–H groups in total. The average Bonchev–Trinajstić information content (AvgIpc) is 2.25. The first-order valence-corrected chi connectivity index (χ1v) is 5.72. The zero-order valence-electron chi connectivity index (χ0n) is 8.31. The highest BCUT2D eigenvalue weighted by Crippen LogP contribution is 2.12. The number of aliphatic carboxylic acids is 2. The van der Waals surface area contributed by atoms with E-state index in [1.807, 2.05) is 6.07 Å². The maximum absolute atomic E-state index is 10.6. The molecule has 0 aliphatic heterocycles. The molecule has 0 radical (unpaired) electrons. The number of halogens is 1. The first kappa shape index (κ1) is 12.7. The van der Waals surface area contributed by atoms with Crippen molar-refractivity contribution < 1.29 is 19.8 Å². The topological polar surface area (TPSA) is 80.3 Å². The van der Waals surface area contributed by atoms with Crippen LogP contribution in [0.15, 0.2) is 24.3 Å². The zero-order valence-corrected chi connectivity index (χ0v) is 9.90. The van der Waals surface area contributed by atoms with Gasteiger partial charge in [-0.1, -0.05) is 40.2 Å². The van der Waals surface area contributed by atoms with Gasteiger partial charge in [-0.3, -0.25) is 0 Å². The lowest BCUT2D eigenvalue weighted by molar-refractivity contribution is -0.331. The number of benzene rings is 1. The van der Waals surface area contributed by atoms with E-state index in [0.29, 0.717) is 10.9 Å². The van der Waals surface area contributed by atoms with Crippen molar-refractivity contribution in [2.75, 3.05) is 0 Å². The van der Waals surface area contributed by atoms with Crippen molar-refractivity contribution in [2.24, 2.45) is 5.92 Å². The Bertz CT molecular complexity index is 389. The van der Waals surface area contributed by atoms with E-state index in [9.17, 15) is 19.8 Å². The normalized spacial score (nSPS) is 10.4. The number of hydrogen-bond acceptors (Lipinski definition) is 4. The summed E-state index contributed by atoms with van der Waals surface area (Å²) < 4.78 is 0. The van der Waals surface area contributed by atoms with Crippen molar-refractivity contribution >= 4 is 27.9 Å². The van der Waals surface area contributed by atoms with E-state index in [0.717, 1.165) is 5.56 Å². The predicted molar refractivity (Wildman–Crippen MR) is 56.3 cm³/mol. The van der Waals surface area contributed by atoms with Gasteiger partial charge in [-0.25, -0.2) is 0 Å². The highest BCUT2D eigenvalue weighted by molar-refractivity contribution is 9.08. The number of carboxylic acids is 2. The molecular formula is C11H9BrO4-2. The van der Waals surface area contributed by atoms with Gasteiger partial charge < -0.3 is 19.8 Å². The Kier molecular flexibility index (Phi) is 4.49. The highest BCUT2D eigenvalue weighted by atomic mass is 79.9. The van der Waals surface area contributed by atoms with Crippen LogP contribution < -0.4 is 10.2 Å². The van der Waals surface area contributed by atoms with E-state index in [-0.39, 0.29) is 6.42 Å². The van der Waals surface area contributed by atoms with Crippen molar-refractivity contribution in [3.05, 3.63) is 35.4 Å². The molecule has 86 valence electrons. The quantitative estimate of drug-likeness (QED) is 0.526. The third-order valence-corrected chi connectivity index (χ3v) is 2.80. The Morgan fingerprint density at radius 3 is 2.25 bits per heavy atom. The number of rotatable bonds is 5. The van der Waals surface area contributed by atoms with Crippen molar-refractivity contribution in [1.82, 2.24) is 0 Å². The standard InChI is InChI=1S/C11H11BrO4/c12-6-8-3-1-2-7(4-8)5-9(10(13)14)11(15)16/h1-4,9H,5-6H2,(H,13,14)(H,15,16)/p-2. The Hall–Kier alpha value is -1.36. The summed E-state index contributed by atoms with van der Waals surface area (Å²) in [6.07, 6.45) is -0.120. The maximum atomic E-state index is 10.6. The zero-order chi connectivity index (χ0) is 12.1. The van der Waals surface area contributed by atoms with Gasteiger partial charge >= 0.3 is 0 Å². The largest absolute Gasteiger partial charge is 0.549 e. The number of alkyl halides is 1. The molecule has 0 heterocycles. The summed E-state index contributed by atoms with van der Waals surface area (Å²) in [5, 5.41) is 21.7. The summed E-state index contributed by atoms with van der Waals surface area (Å²) in [7, 11) is 0. The van der Waals surface area contributed by atoms with Crippen LogP contribution in [-0.2, 0) is 21.3 Å². The SMILES string of the molecule is O=C([O-])C(Cc1cccc(CBr)c1)C(=O)[O-]. The molecule has 0 bridgehead atoms. The van der Waals surface area contributed by atoms with Gasteiger partial charge in [0.1, 0.15) is 0 Å². The summed E-state index contributed by atoms with van der Waals surface area (Å²) in [5.74, 6) is -4.85. The minimum absolute atomic E-state index is 0.120. The highest BCUT2D eigenvalue weighted by Gasteiger charge is 2.12. The van der Waals surface area contributed by atoms with Gasteiger partial charge in [0.05, 0.1) is 11.9 Å². The summed E-state index contributed by atoms with van der Waals surface area (Å²) in [5.41, 5.74) is 1.59. The average molecular weight is 285 g/mol. The van der Waals surface area contributed by atoms with Crippen molar-refractivity contribution in [3.63, 3.8) is 0 Å². The van der Waals surface area contributed by atoms with Crippen LogP contribution in [0.25, 0.3) is 0 Å². The Balaban J connectivity index is 2.85. The van der Waals surface area contributed by atoms with Crippen LogP contribution in [0.3, 0.4) is 0 Å². The van der Waals surface area contributed by atoms with Gasteiger partial charge in [-0.2, -0.15) is 0 Å². The summed E-state index contributed by atoms with van der Waals surface area (Å²) in [4.78, 5) is 21.1.